The first-order valence-corrected chi connectivity index (χ1v) is 6.05. The Labute approximate surface area is 110 Å². The molecule has 0 fully saturated rings. The quantitative estimate of drug-likeness (QED) is 0.442. The van der Waals surface area contributed by atoms with E-state index in [4.69, 9.17) is 0 Å². The second-order valence-electron chi connectivity index (χ2n) is 4.27. The number of fused-ring (bicyclic) bond motifs is 1. The monoisotopic (exact) mass is 251 g/mol. The highest BCUT2D eigenvalue weighted by molar-refractivity contribution is 6.00. The van der Waals surface area contributed by atoms with Gasteiger partial charge in [-0.1, -0.05) is 47.6 Å². The first-order valence-electron chi connectivity index (χ1n) is 6.05. The van der Waals surface area contributed by atoms with Gasteiger partial charge in [-0.2, -0.15) is 0 Å². The fourth-order valence-corrected chi connectivity index (χ4v) is 2.11. The number of para-hydroxylation sites is 2. The average molecular weight is 251 g/mol. The van der Waals surface area contributed by atoms with Gasteiger partial charge >= 0.3 is 0 Å². The van der Waals surface area contributed by atoms with Crippen molar-refractivity contribution >= 4 is 16.7 Å². The van der Waals surface area contributed by atoms with Crippen LogP contribution >= 0.6 is 0 Å². The van der Waals surface area contributed by atoms with Crippen LogP contribution in [0.15, 0.2) is 66.1 Å². The Bertz CT molecular complexity index is 716. The van der Waals surface area contributed by atoms with Gasteiger partial charge in [-0.25, -0.2) is 4.98 Å². The summed E-state index contributed by atoms with van der Waals surface area (Å²) < 4.78 is 1.97. The topological polar surface area (TPSA) is 50.4 Å². The molecule has 0 bridgehead atoms. The summed E-state index contributed by atoms with van der Waals surface area (Å²) in [5.74, 6) is 0. The third-order valence-corrected chi connectivity index (χ3v) is 3.08. The largest absolute Gasteiger partial charge is 0.411 e. The summed E-state index contributed by atoms with van der Waals surface area (Å²) in [5, 5.41) is 12.6. The van der Waals surface area contributed by atoms with E-state index >= 15 is 0 Å². The van der Waals surface area contributed by atoms with Crippen LogP contribution in [0, 0.1) is 0 Å². The van der Waals surface area contributed by atoms with Gasteiger partial charge in [0.05, 0.1) is 23.9 Å². The molecular weight excluding hydrogens is 238 g/mol. The van der Waals surface area contributed by atoms with E-state index in [9.17, 15) is 5.21 Å². The van der Waals surface area contributed by atoms with Crippen molar-refractivity contribution in [3.63, 3.8) is 0 Å². The zero-order valence-electron chi connectivity index (χ0n) is 10.3. The van der Waals surface area contributed by atoms with Crippen LogP contribution in [0.3, 0.4) is 0 Å². The fraction of sp³-hybridized carbons (Fsp3) is 0.0667. The Kier molecular flexibility index (Phi) is 2.98. The Hall–Kier alpha value is -2.62. The number of aromatic nitrogens is 2. The Morgan fingerprint density at radius 2 is 1.79 bits per heavy atom. The minimum absolute atomic E-state index is 0.487. The molecule has 2 aromatic carbocycles. The highest BCUT2D eigenvalue weighted by Gasteiger charge is 2.07. The van der Waals surface area contributed by atoms with Crippen LogP contribution in [0.5, 0.6) is 0 Å². The number of hydrogen-bond donors (Lipinski definition) is 1. The predicted molar refractivity (Wildman–Crippen MR) is 74.5 cm³/mol. The molecule has 94 valence electrons. The summed E-state index contributed by atoms with van der Waals surface area (Å²) in [4.78, 5) is 4.33. The minimum Gasteiger partial charge on any atom is -0.411 e. The van der Waals surface area contributed by atoms with Crippen molar-refractivity contribution in [2.75, 3.05) is 0 Å². The molecule has 1 aromatic heterocycles. The molecule has 0 aliphatic carbocycles. The molecule has 0 radical (unpaired) electrons. The maximum Gasteiger partial charge on any atom is 0.106 e. The van der Waals surface area contributed by atoms with Crippen molar-refractivity contribution in [3.8, 4) is 0 Å². The molecule has 0 saturated heterocycles. The highest BCUT2D eigenvalue weighted by Crippen LogP contribution is 2.13. The number of oxime groups is 1. The van der Waals surface area contributed by atoms with Gasteiger partial charge in [-0.15, -0.1) is 0 Å². The summed E-state index contributed by atoms with van der Waals surface area (Å²) in [6, 6.07) is 17.5. The van der Waals surface area contributed by atoms with Crippen LogP contribution in [-0.4, -0.2) is 20.5 Å². The molecule has 3 aromatic rings. The fourth-order valence-electron chi connectivity index (χ4n) is 2.11. The summed E-state index contributed by atoms with van der Waals surface area (Å²) >= 11 is 0. The first-order chi connectivity index (χ1) is 9.38. The lowest BCUT2D eigenvalue weighted by Crippen LogP contribution is -2.10. The van der Waals surface area contributed by atoms with Gasteiger partial charge < -0.3 is 9.77 Å². The second kappa shape index (κ2) is 4.94. The predicted octanol–water partition coefficient (Wildman–Crippen LogP) is 2.91. The number of benzene rings is 2. The van der Waals surface area contributed by atoms with Gasteiger partial charge in [0.1, 0.15) is 5.71 Å². The van der Waals surface area contributed by atoms with E-state index in [1.54, 1.807) is 6.33 Å². The van der Waals surface area contributed by atoms with Crippen molar-refractivity contribution in [1.82, 2.24) is 9.55 Å². The first kappa shape index (κ1) is 11.5. The molecular formula is C15H13N3O. The third kappa shape index (κ3) is 2.20. The molecule has 4 heteroatoms. The molecule has 0 amide bonds. The molecule has 1 heterocycles. The van der Waals surface area contributed by atoms with E-state index in [1.807, 2.05) is 59.2 Å². The zero-order valence-corrected chi connectivity index (χ0v) is 10.3. The van der Waals surface area contributed by atoms with Crippen molar-refractivity contribution in [2.45, 2.75) is 6.54 Å². The second-order valence-corrected chi connectivity index (χ2v) is 4.27. The van der Waals surface area contributed by atoms with Crippen LogP contribution in [0.25, 0.3) is 11.0 Å². The summed E-state index contributed by atoms with van der Waals surface area (Å²) in [5.41, 5.74) is 3.49. The van der Waals surface area contributed by atoms with Crippen LogP contribution < -0.4 is 0 Å². The molecule has 0 aliphatic rings. The SMILES string of the molecule is O/N=C(/Cn1cnc2ccccc21)c1ccccc1. The van der Waals surface area contributed by atoms with Crippen LogP contribution in [0.1, 0.15) is 5.56 Å². The molecule has 0 saturated carbocycles. The summed E-state index contributed by atoms with van der Waals surface area (Å²) in [6.45, 7) is 0.487. The van der Waals surface area contributed by atoms with E-state index < -0.39 is 0 Å². The number of rotatable bonds is 3. The summed E-state index contributed by atoms with van der Waals surface area (Å²) in [6.07, 6.45) is 1.76. The van der Waals surface area contributed by atoms with Gasteiger partial charge in [0, 0.05) is 5.56 Å². The van der Waals surface area contributed by atoms with Gasteiger partial charge in [0.2, 0.25) is 0 Å². The van der Waals surface area contributed by atoms with E-state index in [0.29, 0.717) is 12.3 Å². The molecule has 3 rings (SSSR count). The maximum atomic E-state index is 9.20. The van der Waals surface area contributed by atoms with Gasteiger partial charge in [-0.05, 0) is 12.1 Å². The van der Waals surface area contributed by atoms with Crippen LogP contribution in [-0.2, 0) is 6.54 Å². The molecule has 0 atom stereocenters. The van der Waals surface area contributed by atoms with Crippen molar-refractivity contribution < 1.29 is 5.21 Å². The molecule has 0 aliphatic heterocycles. The smallest absolute Gasteiger partial charge is 0.106 e. The van der Waals surface area contributed by atoms with Crippen molar-refractivity contribution in [2.24, 2.45) is 5.16 Å². The highest BCUT2D eigenvalue weighted by atomic mass is 16.4. The van der Waals surface area contributed by atoms with Crippen LogP contribution in [0.4, 0.5) is 0 Å². The molecule has 4 nitrogen and oxygen atoms in total. The van der Waals surface area contributed by atoms with E-state index in [2.05, 4.69) is 10.1 Å². The number of imidazole rings is 1. The Balaban J connectivity index is 1.96. The lowest BCUT2D eigenvalue weighted by atomic mass is 10.1. The lowest BCUT2D eigenvalue weighted by molar-refractivity contribution is 0.317. The van der Waals surface area contributed by atoms with Gasteiger partial charge in [-0.3, -0.25) is 0 Å². The maximum absolute atomic E-state index is 9.20. The van der Waals surface area contributed by atoms with Gasteiger partial charge in [0.15, 0.2) is 0 Å². The van der Waals surface area contributed by atoms with E-state index in [0.717, 1.165) is 16.6 Å². The van der Waals surface area contributed by atoms with Crippen LogP contribution in [0.2, 0.25) is 0 Å². The molecule has 19 heavy (non-hydrogen) atoms. The molecule has 1 N–H and O–H groups in total. The Morgan fingerprint density at radius 1 is 1.05 bits per heavy atom. The Morgan fingerprint density at radius 3 is 2.58 bits per heavy atom. The summed E-state index contributed by atoms with van der Waals surface area (Å²) in [7, 11) is 0. The van der Waals surface area contributed by atoms with Gasteiger partial charge in [0.25, 0.3) is 0 Å². The number of hydrogen-bond acceptors (Lipinski definition) is 3. The average Bonchev–Trinajstić information content (AvgIpc) is 2.89. The lowest BCUT2D eigenvalue weighted by Gasteiger charge is -2.06. The van der Waals surface area contributed by atoms with Crippen molar-refractivity contribution in [3.05, 3.63) is 66.5 Å². The van der Waals surface area contributed by atoms with Crippen molar-refractivity contribution in [1.29, 1.82) is 0 Å². The minimum atomic E-state index is 0.487. The number of nitrogens with zero attached hydrogens (tertiary/aromatic N) is 3. The zero-order chi connectivity index (χ0) is 13.1. The molecule has 0 unspecified atom stereocenters. The standard InChI is InChI=1S/C15H13N3O/c19-17-14(12-6-2-1-3-7-12)10-18-11-16-13-8-4-5-9-15(13)18/h1-9,11,19H,10H2/b17-14-. The third-order valence-electron chi connectivity index (χ3n) is 3.08. The van der Waals surface area contributed by atoms with E-state index in [-0.39, 0.29) is 0 Å². The molecule has 0 spiro atoms. The normalized spacial score (nSPS) is 11.9. The van der Waals surface area contributed by atoms with E-state index in [1.165, 1.54) is 0 Å².